The van der Waals surface area contributed by atoms with Crippen LogP contribution >= 0.6 is 0 Å². The minimum absolute atomic E-state index is 0.387. The van der Waals surface area contributed by atoms with E-state index in [9.17, 15) is 0 Å². The highest BCUT2D eigenvalue weighted by atomic mass is 28.3. The Labute approximate surface area is 185 Å². The zero-order valence-electron chi connectivity index (χ0n) is 17.6. The molecule has 1 heterocycles. The molecule has 5 rings (SSSR count). The summed E-state index contributed by atoms with van der Waals surface area (Å²) in [6.07, 6.45) is 4.50. The van der Waals surface area contributed by atoms with Crippen LogP contribution in [0.2, 0.25) is 0 Å². The molecule has 0 N–H and O–H groups in total. The Hall–Kier alpha value is -2.76. The normalized spacial score (nSPS) is 23.0. The molecule has 159 valence electrons. The molecule has 0 amide bonds. The molecule has 1 aliphatic heterocycles. The van der Waals surface area contributed by atoms with Gasteiger partial charge in [-0.1, -0.05) is 61.5 Å². The number of para-hydroxylation sites is 3. The average Bonchev–Trinajstić information content (AvgIpc) is 3.59. The molecule has 3 aromatic carbocycles. The van der Waals surface area contributed by atoms with Gasteiger partial charge in [-0.3, -0.25) is 0 Å². The Balaban J connectivity index is 1.36. The molecule has 0 spiro atoms. The molecule has 1 aliphatic carbocycles. The first-order valence-electron chi connectivity index (χ1n) is 11.0. The van der Waals surface area contributed by atoms with E-state index in [0.29, 0.717) is 24.0 Å². The lowest BCUT2D eigenvalue weighted by Gasteiger charge is -2.28. The van der Waals surface area contributed by atoms with Crippen LogP contribution in [0.15, 0.2) is 84.9 Å². The van der Waals surface area contributed by atoms with Crippen molar-refractivity contribution in [2.75, 3.05) is 0 Å². The van der Waals surface area contributed by atoms with E-state index < -0.39 is 9.53 Å². The van der Waals surface area contributed by atoms with Crippen molar-refractivity contribution in [2.45, 2.75) is 44.3 Å². The van der Waals surface area contributed by atoms with Gasteiger partial charge in [-0.25, -0.2) is 0 Å². The van der Waals surface area contributed by atoms with E-state index in [1.54, 1.807) is 0 Å². The van der Waals surface area contributed by atoms with Crippen molar-refractivity contribution in [1.82, 2.24) is 0 Å². The summed E-state index contributed by atoms with van der Waals surface area (Å²) in [6, 6.07) is 27.7. The summed E-state index contributed by atoms with van der Waals surface area (Å²) in [6.45, 7) is 2.30. The summed E-state index contributed by atoms with van der Waals surface area (Å²) < 4.78 is 24.5. The average molecular weight is 432 g/mol. The third-order valence-electron chi connectivity index (χ3n) is 6.24. The molecule has 4 atom stereocenters. The molecule has 0 aromatic heterocycles. The fourth-order valence-corrected chi connectivity index (χ4v) is 5.56. The maximum Gasteiger partial charge on any atom is 0.818 e. The van der Waals surface area contributed by atoms with Crippen LogP contribution < -0.4 is 13.3 Å². The van der Waals surface area contributed by atoms with Crippen molar-refractivity contribution in [3.63, 3.8) is 0 Å². The lowest BCUT2D eigenvalue weighted by atomic mass is 9.77. The summed E-state index contributed by atoms with van der Waals surface area (Å²) in [5, 5.41) is 0. The van der Waals surface area contributed by atoms with Gasteiger partial charge in [0.2, 0.25) is 0 Å². The molecule has 2 fully saturated rings. The molecule has 4 unspecified atom stereocenters. The fourth-order valence-electron chi connectivity index (χ4n) is 4.41. The van der Waals surface area contributed by atoms with Gasteiger partial charge in [0, 0.05) is 0 Å². The lowest BCUT2D eigenvalue weighted by Crippen LogP contribution is -2.37. The number of rotatable bonds is 8. The van der Waals surface area contributed by atoms with Crippen LogP contribution in [0.3, 0.4) is 0 Å². The van der Waals surface area contributed by atoms with Crippen LogP contribution in [0.4, 0.5) is 0 Å². The Bertz CT molecular complexity index is 939. The van der Waals surface area contributed by atoms with Crippen LogP contribution in [0, 0.1) is 5.92 Å². The molecule has 1 radical (unpaired) electrons. The van der Waals surface area contributed by atoms with Crippen molar-refractivity contribution in [1.29, 1.82) is 0 Å². The topological polar surface area (TPSA) is 40.2 Å². The molecule has 1 saturated carbocycles. The van der Waals surface area contributed by atoms with Gasteiger partial charge in [0.25, 0.3) is 0 Å². The zero-order chi connectivity index (χ0) is 21.0. The number of fused-ring (bicyclic) bond motifs is 1. The van der Waals surface area contributed by atoms with Crippen molar-refractivity contribution in [3.8, 4) is 17.2 Å². The quantitative estimate of drug-likeness (QED) is 0.330. The van der Waals surface area contributed by atoms with Crippen LogP contribution in [0.1, 0.15) is 37.7 Å². The molecule has 31 heavy (non-hydrogen) atoms. The lowest BCUT2D eigenvalue weighted by molar-refractivity contribution is 0.298. The number of hydrogen-bond donors (Lipinski definition) is 0. The number of ether oxygens (including phenoxy) is 1. The number of epoxide rings is 1. The van der Waals surface area contributed by atoms with E-state index in [1.807, 2.05) is 72.8 Å². The Morgan fingerprint density at radius 3 is 2.00 bits per heavy atom. The smallest absolute Gasteiger partial charge is 0.479 e. The summed E-state index contributed by atoms with van der Waals surface area (Å²) in [7, 11) is -2.11. The van der Waals surface area contributed by atoms with Crippen molar-refractivity contribution < 1.29 is 18.0 Å². The fraction of sp³-hybridized carbons (Fsp3) is 0.308. The van der Waals surface area contributed by atoms with Crippen LogP contribution in [0.5, 0.6) is 17.2 Å². The first-order chi connectivity index (χ1) is 15.3. The summed E-state index contributed by atoms with van der Waals surface area (Å²) in [5.41, 5.74) is 1.21. The van der Waals surface area contributed by atoms with Crippen LogP contribution in [0.25, 0.3) is 0 Å². The first-order valence-corrected chi connectivity index (χ1v) is 12.2. The molecule has 4 nitrogen and oxygen atoms in total. The minimum atomic E-state index is -2.11. The summed E-state index contributed by atoms with van der Waals surface area (Å²) in [4.78, 5) is 0. The Kier molecular flexibility index (Phi) is 5.96. The van der Waals surface area contributed by atoms with Gasteiger partial charge >= 0.3 is 9.53 Å². The van der Waals surface area contributed by atoms with Gasteiger partial charge in [-0.15, -0.1) is 0 Å². The van der Waals surface area contributed by atoms with E-state index in [-0.39, 0.29) is 0 Å². The van der Waals surface area contributed by atoms with Crippen LogP contribution in [-0.4, -0.2) is 21.7 Å². The minimum Gasteiger partial charge on any atom is -0.479 e. The van der Waals surface area contributed by atoms with E-state index in [0.717, 1.165) is 23.7 Å². The zero-order valence-corrected chi connectivity index (χ0v) is 18.6. The SMILES string of the molecule is CC(c1ccccc1O[Si](Oc1ccccc1)Oc1ccccc1)C1CCC2OC2C1. The standard InChI is InChI=1S/C26H27O4Si/c1-19(20-16-17-25-26(18-20)27-25)23-14-8-9-15-24(23)30-31(28-21-10-4-2-5-11-21)29-22-12-6-3-7-13-22/h2-15,19-20,25-26H,16-18H2,1H3. The molecular formula is C26H27O4Si. The highest BCUT2D eigenvalue weighted by Crippen LogP contribution is 2.46. The highest BCUT2D eigenvalue weighted by Gasteiger charge is 2.45. The van der Waals surface area contributed by atoms with Gasteiger partial charge in [-0.05, 0) is 67.0 Å². The van der Waals surface area contributed by atoms with E-state index in [4.69, 9.17) is 18.0 Å². The van der Waals surface area contributed by atoms with Crippen molar-refractivity contribution in [2.24, 2.45) is 5.92 Å². The molecule has 5 heteroatoms. The largest absolute Gasteiger partial charge is 0.818 e. The Morgan fingerprint density at radius 1 is 0.742 bits per heavy atom. The second-order valence-electron chi connectivity index (χ2n) is 8.29. The third kappa shape index (κ3) is 4.94. The monoisotopic (exact) mass is 431 g/mol. The van der Waals surface area contributed by atoms with Gasteiger partial charge < -0.3 is 18.0 Å². The molecule has 2 aliphatic rings. The predicted octanol–water partition coefficient (Wildman–Crippen LogP) is 5.88. The van der Waals surface area contributed by atoms with Gasteiger partial charge in [0.05, 0.1) is 12.2 Å². The molecule has 3 aromatic rings. The predicted molar refractivity (Wildman–Crippen MR) is 121 cm³/mol. The number of benzene rings is 3. The third-order valence-corrected chi connectivity index (χ3v) is 7.43. The van der Waals surface area contributed by atoms with Gasteiger partial charge in [0.1, 0.15) is 17.2 Å². The molecule has 1 saturated heterocycles. The second kappa shape index (κ2) is 9.16. The maximum atomic E-state index is 6.43. The van der Waals surface area contributed by atoms with Crippen LogP contribution in [-0.2, 0) is 4.74 Å². The van der Waals surface area contributed by atoms with Gasteiger partial charge in [0.15, 0.2) is 0 Å². The van der Waals surface area contributed by atoms with E-state index in [1.165, 1.54) is 18.4 Å². The van der Waals surface area contributed by atoms with Crippen molar-refractivity contribution >= 4 is 9.53 Å². The second-order valence-corrected chi connectivity index (χ2v) is 9.41. The Morgan fingerprint density at radius 2 is 1.35 bits per heavy atom. The summed E-state index contributed by atoms with van der Waals surface area (Å²) in [5.74, 6) is 3.31. The number of hydrogen-bond acceptors (Lipinski definition) is 4. The molecular weight excluding hydrogens is 404 g/mol. The van der Waals surface area contributed by atoms with E-state index in [2.05, 4.69) is 19.1 Å². The van der Waals surface area contributed by atoms with Gasteiger partial charge in [-0.2, -0.15) is 0 Å². The van der Waals surface area contributed by atoms with Crippen molar-refractivity contribution in [3.05, 3.63) is 90.5 Å². The van der Waals surface area contributed by atoms with E-state index >= 15 is 0 Å². The summed E-state index contributed by atoms with van der Waals surface area (Å²) >= 11 is 0. The molecule has 0 bridgehead atoms. The highest BCUT2D eigenvalue weighted by molar-refractivity contribution is 6.39. The first kappa shape index (κ1) is 20.2. The maximum absolute atomic E-state index is 6.43.